The predicted octanol–water partition coefficient (Wildman–Crippen LogP) is 4.36. The van der Waals surface area contributed by atoms with Gasteiger partial charge in [-0.2, -0.15) is 0 Å². The lowest BCUT2D eigenvalue weighted by atomic mass is 9.95. The summed E-state index contributed by atoms with van der Waals surface area (Å²) in [7, 11) is 5.11. The van der Waals surface area contributed by atoms with Gasteiger partial charge in [-0.05, 0) is 73.1 Å². The fourth-order valence-electron chi connectivity index (χ4n) is 4.53. The first-order valence-corrected chi connectivity index (χ1v) is 12.1. The van der Waals surface area contributed by atoms with E-state index < -0.39 is 5.97 Å². The van der Waals surface area contributed by atoms with Crippen molar-refractivity contribution in [3.63, 3.8) is 0 Å². The molecule has 0 aromatic heterocycles. The maximum Gasteiger partial charge on any atom is 0.337 e. The van der Waals surface area contributed by atoms with Crippen LogP contribution in [0.3, 0.4) is 0 Å². The molecule has 4 rings (SSSR count). The molecule has 1 aliphatic rings. The molecule has 0 bridgehead atoms. The molecule has 7 heteroatoms. The van der Waals surface area contributed by atoms with Crippen molar-refractivity contribution in [1.82, 2.24) is 9.80 Å². The Morgan fingerprint density at radius 3 is 2.35 bits per heavy atom. The molecule has 1 aliphatic heterocycles. The highest BCUT2D eigenvalue weighted by Crippen LogP contribution is 2.32. The van der Waals surface area contributed by atoms with Crippen LogP contribution in [0, 0.1) is 6.92 Å². The van der Waals surface area contributed by atoms with Crippen molar-refractivity contribution >= 4 is 35.1 Å². The molecule has 1 heterocycles. The molecule has 3 aromatic carbocycles. The minimum Gasteiger partial charge on any atom is -0.465 e. The van der Waals surface area contributed by atoms with Gasteiger partial charge < -0.3 is 19.9 Å². The molecular weight excluding hydrogens is 466 g/mol. The number of hydrogen-bond acceptors (Lipinski definition) is 6. The van der Waals surface area contributed by atoms with Gasteiger partial charge in [-0.1, -0.05) is 42.5 Å². The largest absolute Gasteiger partial charge is 0.465 e. The lowest BCUT2D eigenvalue weighted by Crippen LogP contribution is -2.34. The second-order valence-corrected chi connectivity index (χ2v) is 9.39. The van der Waals surface area contributed by atoms with Crippen molar-refractivity contribution in [3.8, 4) is 0 Å². The van der Waals surface area contributed by atoms with Gasteiger partial charge in [0.1, 0.15) is 0 Å². The zero-order chi connectivity index (χ0) is 26.5. The van der Waals surface area contributed by atoms with Crippen LogP contribution in [0.1, 0.15) is 38.2 Å². The minimum atomic E-state index is -0.427. The molecule has 0 unspecified atom stereocenters. The first-order chi connectivity index (χ1) is 17.8. The van der Waals surface area contributed by atoms with Gasteiger partial charge in [0.2, 0.25) is 5.91 Å². The highest BCUT2D eigenvalue weighted by Gasteiger charge is 2.24. The average Bonchev–Trinajstić information content (AvgIpc) is 3.32. The van der Waals surface area contributed by atoms with Crippen LogP contribution in [-0.2, 0) is 27.4 Å². The molecular formula is C30H31N3O4. The molecule has 0 aliphatic carbocycles. The number of aldehydes is 1. The minimum absolute atomic E-state index is 0.0923. The number of likely N-dealkylation sites (N-methyl/N-ethyl adjacent to an activating group) is 1. The number of hydrogen-bond donors (Lipinski definition) is 1. The number of methoxy groups -OCH3 is 1. The van der Waals surface area contributed by atoms with Gasteiger partial charge in [0.25, 0.3) is 0 Å². The number of allylic oxidation sites excluding steroid dienone is 1. The van der Waals surface area contributed by atoms with Crippen molar-refractivity contribution in [2.45, 2.75) is 20.0 Å². The summed E-state index contributed by atoms with van der Waals surface area (Å²) in [6, 6.07) is 20.8. The van der Waals surface area contributed by atoms with Crippen LogP contribution in [0.5, 0.6) is 0 Å². The fraction of sp³-hybridized carbons (Fsp3) is 0.233. The number of ether oxygens (including phenoxy) is 1. The Bertz CT molecular complexity index is 1360. The molecule has 1 N–H and O–H groups in total. The van der Waals surface area contributed by atoms with Gasteiger partial charge in [0.15, 0.2) is 6.29 Å². The summed E-state index contributed by atoms with van der Waals surface area (Å²) in [5.41, 5.74) is 6.93. The maximum atomic E-state index is 12.6. The number of rotatable bonds is 8. The predicted molar refractivity (Wildman–Crippen MR) is 145 cm³/mol. The molecule has 7 nitrogen and oxygen atoms in total. The van der Waals surface area contributed by atoms with E-state index in [0.29, 0.717) is 36.5 Å². The number of anilines is 1. The van der Waals surface area contributed by atoms with Crippen molar-refractivity contribution in [1.29, 1.82) is 0 Å². The number of amides is 1. The number of esters is 1. The normalized spacial score (nSPS) is 13.2. The molecule has 0 saturated carbocycles. The van der Waals surface area contributed by atoms with Crippen LogP contribution in [0.15, 0.2) is 66.7 Å². The number of aryl methyl sites for hydroxylation is 1. The summed E-state index contributed by atoms with van der Waals surface area (Å²) in [5.74, 6) is -0.335. The van der Waals surface area contributed by atoms with Gasteiger partial charge in [-0.25, -0.2) is 4.79 Å². The van der Waals surface area contributed by atoms with Crippen LogP contribution < -0.4 is 5.32 Å². The van der Waals surface area contributed by atoms with E-state index in [1.165, 1.54) is 7.11 Å². The molecule has 37 heavy (non-hydrogen) atoms. The molecule has 1 amide bonds. The van der Waals surface area contributed by atoms with Gasteiger partial charge in [-0.15, -0.1) is 0 Å². The Hall–Kier alpha value is -4.23. The van der Waals surface area contributed by atoms with Crippen LogP contribution in [0.25, 0.3) is 11.3 Å². The SMILES string of the molecule is COC(=O)c1ccc(/C(C=O)=C(/Nc2ccc3c(c2)CN(C(=O)CN(C)C)C3)c2ccccc2)c(C)c1. The molecule has 3 aromatic rings. The Balaban J connectivity index is 1.71. The summed E-state index contributed by atoms with van der Waals surface area (Å²) >= 11 is 0. The lowest BCUT2D eigenvalue weighted by Gasteiger charge is -2.18. The van der Waals surface area contributed by atoms with E-state index in [-0.39, 0.29) is 5.91 Å². The van der Waals surface area contributed by atoms with E-state index in [4.69, 9.17) is 4.74 Å². The summed E-state index contributed by atoms with van der Waals surface area (Å²) in [6.07, 6.45) is 0.838. The van der Waals surface area contributed by atoms with Crippen LogP contribution >= 0.6 is 0 Å². The van der Waals surface area contributed by atoms with Crippen molar-refractivity contribution in [2.24, 2.45) is 0 Å². The topological polar surface area (TPSA) is 79.0 Å². The number of fused-ring (bicyclic) bond motifs is 1. The van der Waals surface area contributed by atoms with E-state index >= 15 is 0 Å². The van der Waals surface area contributed by atoms with Crippen LogP contribution in [-0.4, -0.2) is 55.7 Å². The molecule has 0 radical (unpaired) electrons. The van der Waals surface area contributed by atoms with Gasteiger partial charge in [0, 0.05) is 24.4 Å². The second-order valence-electron chi connectivity index (χ2n) is 9.39. The van der Waals surface area contributed by atoms with E-state index in [1.807, 2.05) is 79.3 Å². The summed E-state index contributed by atoms with van der Waals surface area (Å²) in [5, 5.41) is 3.47. The zero-order valence-corrected chi connectivity index (χ0v) is 21.6. The Morgan fingerprint density at radius 1 is 0.973 bits per heavy atom. The van der Waals surface area contributed by atoms with Crippen molar-refractivity contribution < 1.29 is 19.1 Å². The van der Waals surface area contributed by atoms with Crippen LogP contribution in [0.2, 0.25) is 0 Å². The molecule has 190 valence electrons. The smallest absolute Gasteiger partial charge is 0.337 e. The highest BCUT2D eigenvalue weighted by molar-refractivity contribution is 6.19. The summed E-state index contributed by atoms with van der Waals surface area (Å²) in [6.45, 7) is 3.38. The molecule has 0 fully saturated rings. The Morgan fingerprint density at radius 2 is 1.70 bits per heavy atom. The average molecular weight is 498 g/mol. The maximum absolute atomic E-state index is 12.6. The Labute approximate surface area is 217 Å². The third-order valence-corrected chi connectivity index (χ3v) is 6.39. The summed E-state index contributed by atoms with van der Waals surface area (Å²) in [4.78, 5) is 40.8. The van der Waals surface area contributed by atoms with E-state index in [9.17, 15) is 14.4 Å². The quantitative estimate of drug-likeness (QED) is 0.216. The fourth-order valence-corrected chi connectivity index (χ4v) is 4.53. The van der Waals surface area contributed by atoms with Crippen LogP contribution in [0.4, 0.5) is 5.69 Å². The third-order valence-electron chi connectivity index (χ3n) is 6.39. The van der Waals surface area contributed by atoms with Crippen molar-refractivity contribution in [2.75, 3.05) is 33.1 Å². The number of carbonyl (C=O) groups is 3. The molecule has 0 atom stereocenters. The monoisotopic (exact) mass is 497 g/mol. The van der Waals surface area contributed by atoms with Gasteiger partial charge in [0.05, 0.1) is 24.9 Å². The number of nitrogens with zero attached hydrogens (tertiary/aromatic N) is 2. The number of nitrogens with one attached hydrogen (secondary N) is 1. The third kappa shape index (κ3) is 5.78. The first-order valence-electron chi connectivity index (χ1n) is 12.1. The Kier molecular flexibility index (Phi) is 7.84. The summed E-state index contributed by atoms with van der Waals surface area (Å²) < 4.78 is 4.83. The molecule has 0 saturated heterocycles. The number of benzene rings is 3. The van der Waals surface area contributed by atoms with Gasteiger partial charge >= 0.3 is 5.97 Å². The van der Waals surface area contributed by atoms with Crippen molar-refractivity contribution in [3.05, 3.63) is 100 Å². The van der Waals surface area contributed by atoms with E-state index in [0.717, 1.165) is 39.8 Å². The zero-order valence-electron chi connectivity index (χ0n) is 21.6. The van der Waals surface area contributed by atoms with Gasteiger partial charge in [-0.3, -0.25) is 9.59 Å². The standard InChI is InChI=1S/C30H31N3O4/c1-20-14-22(30(36)37-4)11-13-26(20)27(19-34)29(21-8-6-5-7-9-21)31-25-12-10-23-16-33(17-24(23)15-25)28(35)18-32(2)3/h5-15,19,31H,16-18H2,1-4H3/b29-27+. The van der Waals surface area contributed by atoms with E-state index in [1.54, 1.807) is 18.2 Å². The first kappa shape index (κ1) is 25.9. The number of carbonyl (C=O) groups excluding carboxylic acids is 3. The molecule has 0 spiro atoms. The highest BCUT2D eigenvalue weighted by atomic mass is 16.5. The lowest BCUT2D eigenvalue weighted by molar-refractivity contribution is -0.132. The van der Waals surface area contributed by atoms with E-state index in [2.05, 4.69) is 5.32 Å². The second kappa shape index (κ2) is 11.2.